The van der Waals surface area contributed by atoms with Crippen molar-refractivity contribution in [3.05, 3.63) is 79.6 Å². The fraction of sp³-hybridized carbons (Fsp3) is 0.269. The van der Waals surface area contributed by atoms with Crippen LogP contribution < -0.4 is 15.8 Å². The average molecular weight is 598 g/mol. The summed E-state index contributed by atoms with van der Waals surface area (Å²) in [6.45, 7) is 0. The smallest absolute Gasteiger partial charge is 0.399 e. The van der Waals surface area contributed by atoms with E-state index in [1.165, 1.54) is 30.3 Å². The number of nitrogens with one attached hydrogen (secondary N) is 1. The summed E-state index contributed by atoms with van der Waals surface area (Å²) in [5, 5.41) is 6.81. The van der Waals surface area contributed by atoms with E-state index in [9.17, 15) is 22.8 Å². The number of carbonyl (C=O) groups excluding carboxylic acids is 2. The van der Waals surface area contributed by atoms with Crippen molar-refractivity contribution in [1.82, 2.24) is 0 Å². The summed E-state index contributed by atoms with van der Waals surface area (Å²) in [7, 11) is 0. The van der Waals surface area contributed by atoms with E-state index in [1.54, 1.807) is 0 Å². The molecule has 3 N–H and O–H groups in total. The Morgan fingerprint density at radius 1 is 1.05 bits per heavy atom. The van der Waals surface area contributed by atoms with Crippen LogP contribution in [-0.4, -0.2) is 23.9 Å². The molecule has 1 aromatic heterocycles. The number of nitrogens with two attached hydrogens (primary N) is 1. The van der Waals surface area contributed by atoms with Crippen molar-refractivity contribution in [3.8, 4) is 5.06 Å². The Morgan fingerprint density at radius 2 is 1.69 bits per heavy atom. The number of anilines is 1. The molecule has 1 aliphatic heterocycles. The molecule has 0 saturated heterocycles. The number of ether oxygens (including phenoxy) is 1. The first-order valence-corrected chi connectivity index (χ1v) is 13.4. The highest BCUT2D eigenvalue weighted by Crippen LogP contribution is 2.51. The zero-order chi connectivity index (χ0) is 27.9. The second-order valence-electron chi connectivity index (χ2n) is 9.13. The zero-order valence-corrected chi connectivity index (χ0v) is 22.4. The van der Waals surface area contributed by atoms with E-state index in [0.717, 1.165) is 47.4 Å². The number of amides is 2. The van der Waals surface area contributed by atoms with Gasteiger partial charge in [0.05, 0.1) is 11.3 Å². The summed E-state index contributed by atoms with van der Waals surface area (Å²) in [5.41, 5.74) is 4.52. The highest BCUT2D eigenvalue weighted by Gasteiger charge is 2.62. The molecule has 0 fully saturated rings. The summed E-state index contributed by atoms with van der Waals surface area (Å²) in [6, 6.07) is 9.59. The average Bonchev–Trinajstić information content (AvgIpc) is 3.47. The summed E-state index contributed by atoms with van der Waals surface area (Å²) in [5.74, 6) is -0.603. The van der Waals surface area contributed by atoms with Gasteiger partial charge >= 0.3 is 12.3 Å². The molecule has 0 spiro atoms. The predicted molar refractivity (Wildman–Crippen MR) is 142 cm³/mol. The normalized spacial score (nSPS) is 18.6. The molecule has 204 valence electrons. The molecular formula is C26H20Cl2F3N3O4S. The minimum absolute atomic E-state index is 0.0395. The quantitative estimate of drug-likeness (QED) is 0.324. The highest BCUT2D eigenvalue weighted by molar-refractivity contribution is 7.16. The Morgan fingerprint density at radius 3 is 2.31 bits per heavy atom. The summed E-state index contributed by atoms with van der Waals surface area (Å²) in [4.78, 5) is 29.5. The maximum atomic E-state index is 14.5. The van der Waals surface area contributed by atoms with E-state index in [1.807, 2.05) is 0 Å². The third kappa shape index (κ3) is 5.30. The number of hydrogen-bond donors (Lipinski definition) is 2. The third-order valence-corrected chi connectivity index (χ3v) is 8.20. The van der Waals surface area contributed by atoms with Crippen LogP contribution in [0.2, 0.25) is 10.0 Å². The number of oxime groups is 1. The first kappa shape index (κ1) is 27.3. The largest absolute Gasteiger partial charge is 0.435 e. The van der Waals surface area contributed by atoms with Crippen molar-refractivity contribution in [2.24, 2.45) is 10.9 Å². The van der Waals surface area contributed by atoms with Gasteiger partial charge in [-0.3, -0.25) is 10.1 Å². The number of hydrogen-bond acceptors (Lipinski definition) is 6. The summed E-state index contributed by atoms with van der Waals surface area (Å²) >= 11 is 13.1. The van der Waals surface area contributed by atoms with Gasteiger partial charge in [-0.05, 0) is 73.7 Å². The lowest BCUT2D eigenvalue weighted by molar-refractivity contribution is -0.275. The van der Waals surface area contributed by atoms with Crippen LogP contribution in [0.5, 0.6) is 5.06 Å². The topological polar surface area (TPSA) is 103 Å². The Kier molecular flexibility index (Phi) is 7.25. The standard InChI is InChI=1S/C26H20Cl2F3N3O4S/c27-15-9-14(10-16(28)11-15)25(26(29,30)31)12-20(34-38-25)21-18-3-1-2-4-19(18)23(39-21)37-24(36)33-17-7-5-13(6-8-17)22(32)35/h5-11H,1-4,12H2,(H2,32,35)(H,33,36). The van der Waals surface area contributed by atoms with Gasteiger partial charge in [-0.25, -0.2) is 4.79 Å². The molecule has 1 atom stereocenters. The van der Waals surface area contributed by atoms with Crippen LogP contribution >= 0.6 is 34.5 Å². The lowest BCUT2D eigenvalue weighted by Gasteiger charge is -2.29. The summed E-state index contributed by atoms with van der Waals surface area (Å²) < 4.78 is 49.0. The van der Waals surface area contributed by atoms with Gasteiger partial charge in [-0.2, -0.15) is 13.2 Å². The molecule has 2 heterocycles. The molecule has 0 saturated carbocycles. The molecular weight excluding hydrogens is 578 g/mol. The van der Waals surface area contributed by atoms with Gasteiger partial charge in [0.1, 0.15) is 5.71 Å². The van der Waals surface area contributed by atoms with Crippen LogP contribution in [-0.2, 0) is 23.3 Å². The minimum atomic E-state index is -4.83. The number of rotatable bonds is 5. The number of benzene rings is 2. The Balaban J connectivity index is 1.42. The third-order valence-electron chi connectivity index (χ3n) is 6.56. The van der Waals surface area contributed by atoms with Gasteiger partial charge in [0.2, 0.25) is 5.91 Å². The van der Waals surface area contributed by atoms with E-state index in [4.69, 9.17) is 38.5 Å². The maximum absolute atomic E-state index is 14.5. The van der Waals surface area contributed by atoms with Gasteiger partial charge in [0.15, 0.2) is 5.06 Å². The van der Waals surface area contributed by atoms with E-state index < -0.39 is 30.2 Å². The van der Waals surface area contributed by atoms with E-state index in [-0.39, 0.29) is 31.9 Å². The predicted octanol–water partition coefficient (Wildman–Crippen LogP) is 7.23. The van der Waals surface area contributed by atoms with Crippen molar-refractivity contribution in [3.63, 3.8) is 0 Å². The lowest BCUT2D eigenvalue weighted by atomic mass is 9.86. The molecule has 2 aromatic carbocycles. The van der Waals surface area contributed by atoms with Crippen molar-refractivity contribution in [1.29, 1.82) is 0 Å². The first-order valence-electron chi connectivity index (χ1n) is 11.8. The number of nitrogens with zero attached hydrogens (tertiary/aromatic N) is 1. The van der Waals surface area contributed by atoms with Crippen molar-refractivity contribution in [2.75, 3.05) is 5.32 Å². The van der Waals surface area contributed by atoms with E-state index >= 15 is 0 Å². The second-order valence-corrected chi connectivity index (χ2v) is 11.0. The number of fused-ring (bicyclic) bond motifs is 1. The van der Waals surface area contributed by atoms with Crippen LogP contribution in [0.15, 0.2) is 47.6 Å². The van der Waals surface area contributed by atoms with Gasteiger partial charge in [0.25, 0.3) is 5.60 Å². The van der Waals surface area contributed by atoms with Crippen LogP contribution in [0.1, 0.15) is 51.2 Å². The molecule has 39 heavy (non-hydrogen) atoms. The molecule has 2 amide bonds. The fourth-order valence-corrected chi connectivity index (χ4v) is 6.42. The number of carbonyl (C=O) groups is 2. The van der Waals surface area contributed by atoms with Crippen molar-refractivity contribution < 1.29 is 32.3 Å². The van der Waals surface area contributed by atoms with Gasteiger partial charge in [-0.15, -0.1) is 0 Å². The van der Waals surface area contributed by atoms with E-state index in [0.29, 0.717) is 23.4 Å². The monoisotopic (exact) mass is 597 g/mol. The molecule has 1 aliphatic carbocycles. The molecule has 0 radical (unpaired) electrons. The molecule has 5 rings (SSSR count). The van der Waals surface area contributed by atoms with Crippen LogP contribution in [0, 0.1) is 0 Å². The van der Waals surface area contributed by atoms with E-state index in [2.05, 4.69) is 10.5 Å². The zero-order valence-electron chi connectivity index (χ0n) is 20.0. The molecule has 3 aromatic rings. The lowest BCUT2D eigenvalue weighted by Crippen LogP contribution is -2.42. The Labute approximate surface area is 234 Å². The molecule has 13 heteroatoms. The molecule has 0 bridgehead atoms. The van der Waals surface area contributed by atoms with Crippen molar-refractivity contribution in [2.45, 2.75) is 43.9 Å². The number of thiophene rings is 1. The Hall–Kier alpha value is -3.28. The molecule has 1 unspecified atom stereocenters. The number of halogens is 5. The van der Waals surface area contributed by atoms with Crippen LogP contribution in [0.25, 0.3) is 0 Å². The van der Waals surface area contributed by atoms with Crippen LogP contribution in [0.4, 0.5) is 23.7 Å². The second kappa shape index (κ2) is 10.4. The van der Waals surface area contributed by atoms with Crippen molar-refractivity contribution >= 4 is 57.9 Å². The van der Waals surface area contributed by atoms with Crippen LogP contribution in [0.3, 0.4) is 0 Å². The summed E-state index contributed by atoms with van der Waals surface area (Å²) in [6.07, 6.45) is -3.34. The minimum Gasteiger partial charge on any atom is -0.399 e. The van der Waals surface area contributed by atoms with Gasteiger partial charge in [-0.1, -0.05) is 39.7 Å². The van der Waals surface area contributed by atoms with Gasteiger partial charge < -0.3 is 15.3 Å². The first-order chi connectivity index (χ1) is 18.5. The Bertz CT molecular complexity index is 1470. The fourth-order valence-electron chi connectivity index (χ4n) is 4.67. The SMILES string of the molecule is NC(=O)c1ccc(NC(=O)Oc2sc(C3=NOC(c4cc(Cl)cc(Cl)c4)(C(F)(F)F)C3)c3c2CCCC3)cc1. The number of primary amides is 1. The number of alkyl halides is 3. The molecule has 7 nitrogen and oxygen atoms in total. The van der Waals surface area contributed by atoms with Gasteiger partial charge in [0, 0.05) is 32.4 Å². The highest BCUT2D eigenvalue weighted by atomic mass is 35.5. The maximum Gasteiger partial charge on any atom is 0.435 e. The molecule has 2 aliphatic rings.